The Bertz CT molecular complexity index is 656. The molecule has 0 unspecified atom stereocenters. The zero-order chi connectivity index (χ0) is 20.0. The van der Waals surface area contributed by atoms with E-state index in [1.807, 2.05) is 11.8 Å². The predicted octanol–water partition coefficient (Wildman–Crippen LogP) is 2.77. The molecule has 1 aliphatic heterocycles. The topological polar surface area (TPSA) is 52.7 Å². The van der Waals surface area contributed by atoms with Gasteiger partial charge in [-0.3, -0.25) is 14.5 Å². The third-order valence-electron chi connectivity index (χ3n) is 4.62. The third kappa shape index (κ3) is 5.95. The highest BCUT2D eigenvalue weighted by atomic mass is 19.4. The second-order valence-electron chi connectivity index (χ2n) is 6.87. The first-order valence-corrected chi connectivity index (χ1v) is 9.19. The number of amides is 2. The summed E-state index contributed by atoms with van der Waals surface area (Å²) in [5.41, 5.74) is -1.24. The van der Waals surface area contributed by atoms with Gasteiger partial charge in [-0.2, -0.15) is 13.2 Å². The maximum absolute atomic E-state index is 13.1. The molecule has 0 spiro atoms. The number of carbonyl (C=O) groups excluding carboxylic acids is 2. The van der Waals surface area contributed by atoms with Crippen molar-refractivity contribution in [3.8, 4) is 0 Å². The number of hydrogen-bond donors (Lipinski definition) is 1. The molecule has 0 aromatic heterocycles. The van der Waals surface area contributed by atoms with E-state index in [9.17, 15) is 22.8 Å². The van der Waals surface area contributed by atoms with E-state index in [4.69, 9.17) is 0 Å². The Kier molecular flexibility index (Phi) is 7.24. The van der Waals surface area contributed by atoms with Gasteiger partial charge < -0.3 is 10.2 Å². The summed E-state index contributed by atoms with van der Waals surface area (Å²) in [5, 5.41) is 2.93. The average molecular weight is 385 g/mol. The number of nitrogens with one attached hydrogen (secondary N) is 1. The Balaban J connectivity index is 1.91. The van der Waals surface area contributed by atoms with Gasteiger partial charge in [-0.15, -0.1) is 0 Å². The lowest BCUT2D eigenvalue weighted by atomic mass is 10.1. The first-order chi connectivity index (χ1) is 12.7. The van der Waals surface area contributed by atoms with E-state index >= 15 is 0 Å². The number of rotatable bonds is 6. The first-order valence-electron chi connectivity index (χ1n) is 9.19. The summed E-state index contributed by atoms with van der Waals surface area (Å²) in [4.78, 5) is 27.9. The SMILES string of the molecule is CCC[C@H](C)NC(=O)CN1CCN(C(=O)c2ccccc2C(F)(F)F)CC1. The monoisotopic (exact) mass is 385 g/mol. The molecule has 1 saturated heterocycles. The van der Waals surface area contributed by atoms with Crippen LogP contribution >= 0.6 is 0 Å². The van der Waals surface area contributed by atoms with Crippen LogP contribution in [0.3, 0.4) is 0 Å². The van der Waals surface area contributed by atoms with Crippen molar-refractivity contribution in [3.05, 3.63) is 35.4 Å². The van der Waals surface area contributed by atoms with Crippen LogP contribution in [0.4, 0.5) is 13.2 Å². The fourth-order valence-corrected chi connectivity index (χ4v) is 3.22. The molecule has 1 N–H and O–H groups in total. The van der Waals surface area contributed by atoms with Crippen LogP contribution in [0.15, 0.2) is 24.3 Å². The van der Waals surface area contributed by atoms with E-state index in [1.165, 1.54) is 23.1 Å². The lowest BCUT2D eigenvalue weighted by Gasteiger charge is -2.35. The summed E-state index contributed by atoms with van der Waals surface area (Å²) in [6, 6.07) is 4.95. The maximum atomic E-state index is 13.1. The molecule has 150 valence electrons. The standard InChI is InChI=1S/C19H26F3N3O2/c1-3-6-14(2)23-17(26)13-24-9-11-25(12-10-24)18(27)15-7-4-5-8-16(15)19(20,21)22/h4-5,7-8,14H,3,6,9-13H2,1-2H3,(H,23,26)/t14-/m0/s1. The Morgan fingerprint density at radius 2 is 1.78 bits per heavy atom. The van der Waals surface area contributed by atoms with Crippen LogP contribution in [0, 0.1) is 0 Å². The van der Waals surface area contributed by atoms with Crippen molar-refractivity contribution >= 4 is 11.8 Å². The highest BCUT2D eigenvalue weighted by molar-refractivity contribution is 5.96. The Morgan fingerprint density at radius 3 is 2.37 bits per heavy atom. The van der Waals surface area contributed by atoms with Crippen molar-refractivity contribution in [3.63, 3.8) is 0 Å². The second kappa shape index (κ2) is 9.21. The molecule has 27 heavy (non-hydrogen) atoms. The van der Waals surface area contributed by atoms with Gasteiger partial charge in [0.15, 0.2) is 0 Å². The predicted molar refractivity (Wildman–Crippen MR) is 96.3 cm³/mol. The highest BCUT2D eigenvalue weighted by Crippen LogP contribution is 2.32. The number of carbonyl (C=O) groups is 2. The van der Waals surface area contributed by atoms with Gasteiger partial charge in [-0.25, -0.2) is 0 Å². The fourth-order valence-electron chi connectivity index (χ4n) is 3.22. The molecule has 1 aromatic rings. The van der Waals surface area contributed by atoms with Crippen LogP contribution in [0.25, 0.3) is 0 Å². The maximum Gasteiger partial charge on any atom is 0.417 e. The zero-order valence-corrected chi connectivity index (χ0v) is 15.7. The largest absolute Gasteiger partial charge is 0.417 e. The van der Waals surface area contributed by atoms with Crippen molar-refractivity contribution in [1.29, 1.82) is 0 Å². The molecule has 0 saturated carbocycles. The number of alkyl halides is 3. The van der Waals surface area contributed by atoms with Crippen molar-refractivity contribution in [2.45, 2.75) is 38.9 Å². The van der Waals surface area contributed by atoms with E-state index in [0.29, 0.717) is 26.2 Å². The molecule has 5 nitrogen and oxygen atoms in total. The Hall–Kier alpha value is -2.09. The molecule has 1 fully saturated rings. The molecular formula is C19H26F3N3O2. The van der Waals surface area contributed by atoms with Crippen LogP contribution in [-0.4, -0.2) is 60.4 Å². The molecule has 2 amide bonds. The smallest absolute Gasteiger partial charge is 0.353 e. The molecule has 2 rings (SSSR count). The van der Waals surface area contributed by atoms with Crippen LogP contribution < -0.4 is 5.32 Å². The third-order valence-corrected chi connectivity index (χ3v) is 4.62. The van der Waals surface area contributed by atoms with E-state index in [2.05, 4.69) is 12.2 Å². The van der Waals surface area contributed by atoms with Crippen molar-refractivity contribution in [2.75, 3.05) is 32.7 Å². The summed E-state index contributed by atoms with van der Waals surface area (Å²) in [5.74, 6) is -0.693. The van der Waals surface area contributed by atoms with Crippen molar-refractivity contribution < 1.29 is 22.8 Å². The van der Waals surface area contributed by atoms with Gasteiger partial charge >= 0.3 is 6.18 Å². The van der Waals surface area contributed by atoms with Crippen molar-refractivity contribution in [1.82, 2.24) is 15.1 Å². The van der Waals surface area contributed by atoms with Crippen LogP contribution in [-0.2, 0) is 11.0 Å². The number of nitrogens with zero attached hydrogens (tertiary/aromatic N) is 2. The molecule has 0 aliphatic carbocycles. The van der Waals surface area contributed by atoms with Crippen LogP contribution in [0.2, 0.25) is 0 Å². The number of piperazine rings is 1. The molecular weight excluding hydrogens is 359 g/mol. The minimum Gasteiger partial charge on any atom is -0.353 e. The number of halogens is 3. The molecule has 1 aliphatic rings. The fraction of sp³-hybridized carbons (Fsp3) is 0.579. The highest BCUT2D eigenvalue weighted by Gasteiger charge is 2.36. The van der Waals surface area contributed by atoms with E-state index < -0.39 is 17.6 Å². The van der Waals surface area contributed by atoms with Crippen molar-refractivity contribution in [2.24, 2.45) is 0 Å². The van der Waals surface area contributed by atoms with Gasteiger partial charge in [-0.1, -0.05) is 25.5 Å². The Morgan fingerprint density at radius 1 is 1.15 bits per heavy atom. The lowest BCUT2D eigenvalue weighted by molar-refractivity contribution is -0.138. The number of benzene rings is 1. The molecule has 0 bridgehead atoms. The minimum absolute atomic E-state index is 0.0712. The Labute approximate surface area is 157 Å². The lowest BCUT2D eigenvalue weighted by Crippen LogP contribution is -2.51. The van der Waals surface area contributed by atoms with Crippen LogP contribution in [0.1, 0.15) is 42.6 Å². The summed E-state index contributed by atoms with van der Waals surface area (Å²) in [6.45, 7) is 5.73. The van der Waals surface area contributed by atoms with Gasteiger partial charge in [0.2, 0.25) is 5.91 Å². The molecule has 8 heteroatoms. The average Bonchev–Trinajstić information content (AvgIpc) is 2.61. The summed E-state index contributed by atoms with van der Waals surface area (Å²) >= 11 is 0. The molecule has 1 aromatic carbocycles. The second-order valence-corrected chi connectivity index (χ2v) is 6.87. The molecule has 1 heterocycles. The summed E-state index contributed by atoms with van der Waals surface area (Å²) in [6.07, 6.45) is -2.67. The van der Waals surface area contributed by atoms with E-state index in [0.717, 1.165) is 18.9 Å². The minimum atomic E-state index is -4.57. The zero-order valence-electron chi connectivity index (χ0n) is 15.7. The van der Waals surface area contributed by atoms with Crippen LogP contribution in [0.5, 0.6) is 0 Å². The molecule has 0 radical (unpaired) electrons. The van der Waals surface area contributed by atoms with Gasteiger partial charge in [0.05, 0.1) is 17.7 Å². The van der Waals surface area contributed by atoms with Gasteiger partial charge in [0.25, 0.3) is 5.91 Å². The number of hydrogen-bond acceptors (Lipinski definition) is 3. The first kappa shape index (κ1) is 21.2. The summed E-state index contributed by atoms with van der Waals surface area (Å²) < 4.78 is 39.4. The molecule has 1 atom stereocenters. The van der Waals surface area contributed by atoms with Gasteiger partial charge in [-0.05, 0) is 25.5 Å². The summed E-state index contributed by atoms with van der Waals surface area (Å²) in [7, 11) is 0. The van der Waals surface area contributed by atoms with E-state index in [-0.39, 0.29) is 24.1 Å². The van der Waals surface area contributed by atoms with Gasteiger partial charge in [0, 0.05) is 32.2 Å². The van der Waals surface area contributed by atoms with E-state index in [1.54, 1.807) is 0 Å². The van der Waals surface area contributed by atoms with Gasteiger partial charge in [0.1, 0.15) is 0 Å². The normalized spacial score (nSPS) is 16.9. The quantitative estimate of drug-likeness (QED) is 0.819.